The summed E-state index contributed by atoms with van der Waals surface area (Å²) >= 11 is 1.42. The van der Waals surface area contributed by atoms with E-state index in [4.69, 9.17) is 4.74 Å². The van der Waals surface area contributed by atoms with Gasteiger partial charge in [0.2, 0.25) is 0 Å². The topological polar surface area (TPSA) is 101 Å². The first-order chi connectivity index (χ1) is 16.3. The van der Waals surface area contributed by atoms with Crippen LogP contribution in [-0.2, 0) is 11.2 Å². The number of ether oxygens (including phenoxy) is 1. The van der Waals surface area contributed by atoms with Crippen molar-refractivity contribution in [2.75, 3.05) is 24.6 Å². The van der Waals surface area contributed by atoms with Gasteiger partial charge in [0.05, 0.1) is 23.7 Å². The average Bonchev–Trinajstić information content (AvgIpc) is 3.39. The smallest absolute Gasteiger partial charge is 0.414 e. The molecule has 1 unspecified atom stereocenters. The quantitative estimate of drug-likeness (QED) is 0.540. The van der Waals surface area contributed by atoms with E-state index < -0.39 is 12.2 Å². The highest BCUT2D eigenvalue weighted by atomic mass is 32.1. The fraction of sp³-hybridized carbons (Fsp3) is 0.320. The van der Waals surface area contributed by atoms with Gasteiger partial charge in [-0.3, -0.25) is 19.1 Å². The summed E-state index contributed by atoms with van der Waals surface area (Å²) in [6.45, 7) is 6.16. The number of hydrogen-bond acceptors (Lipinski definition) is 6. The highest BCUT2D eigenvalue weighted by Crippen LogP contribution is 2.28. The van der Waals surface area contributed by atoms with Crippen molar-refractivity contribution in [1.82, 2.24) is 9.88 Å². The number of carbonyl (C=O) groups is 2. The normalized spacial score (nSPS) is 15.5. The first-order valence-corrected chi connectivity index (χ1v) is 11.9. The zero-order chi connectivity index (χ0) is 24.4. The van der Waals surface area contributed by atoms with Crippen LogP contribution in [0.1, 0.15) is 31.2 Å². The lowest BCUT2D eigenvalue weighted by Gasteiger charge is -2.19. The number of pyridine rings is 1. The molecule has 0 bridgehead atoms. The molecule has 4 rings (SSSR count). The number of rotatable bonds is 7. The number of aromatic nitrogens is 1. The maximum absolute atomic E-state index is 12.9. The van der Waals surface area contributed by atoms with Gasteiger partial charge in [-0.15, -0.1) is 11.3 Å². The monoisotopic (exact) mass is 481 g/mol. The summed E-state index contributed by atoms with van der Waals surface area (Å²) in [6, 6.07) is 10.9. The molecule has 178 valence electrons. The molecule has 2 N–H and O–H groups in total. The molecule has 1 aliphatic heterocycles. The number of thiophene rings is 1. The number of carbonyl (C=O) groups excluding carboxylic acids is 2. The van der Waals surface area contributed by atoms with E-state index >= 15 is 0 Å². The van der Waals surface area contributed by atoms with Crippen molar-refractivity contribution in [1.29, 1.82) is 0 Å². The number of nitrogens with one attached hydrogen (secondary N) is 1. The highest BCUT2D eigenvalue weighted by molar-refractivity contribution is 7.13. The average molecular weight is 482 g/mol. The van der Waals surface area contributed by atoms with Gasteiger partial charge >= 0.3 is 6.09 Å². The second-order valence-electron chi connectivity index (χ2n) is 8.35. The fourth-order valence-corrected chi connectivity index (χ4v) is 4.97. The molecule has 2 aromatic heterocycles. The van der Waals surface area contributed by atoms with E-state index in [1.807, 2.05) is 39.0 Å². The van der Waals surface area contributed by atoms with Gasteiger partial charge in [-0.1, -0.05) is 6.07 Å². The Bertz CT molecular complexity index is 1270. The Morgan fingerprint density at radius 3 is 2.56 bits per heavy atom. The van der Waals surface area contributed by atoms with Crippen molar-refractivity contribution >= 4 is 29.0 Å². The summed E-state index contributed by atoms with van der Waals surface area (Å²) in [5, 5.41) is 12.1. The number of aryl methyl sites for hydroxylation is 3. The van der Waals surface area contributed by atoms with Crippen molar-refractivity contribution < 1.29 is 19.4 Å². The second kappa shape index (κ2) is 9.82. The maximum atomic E-state index is 12.9. The number of nitrogens with zero attached hydrogens (tertiary/aromatic N) is 2. The third-order valence-electron chi connectivity index (χ3n) is 5.76. The minimum Gasteiger partial charge on any atom is -0.442 e. The first-order valence-electron chi connectivity index (χ1n) is 11.0. The number of aliphatic hydroxyl groups excluding tert-OH is 1. The van der Waals surface area contributed by atoms with E-state index in [-0.39, 0.29) is 24.6 Å². The van der Waals surface area contributed by atoms with Crippen LogP contribution in [0.25, 0.3) is 5.69 Å². The van der Waals surface area contributed by atoms with Crippen LogP contribution in [0.15, 0.2) is 47.4 Å². The van der Waals surface area contributed by atoms with Gasteiger partial charge in [-0.2, -0.15) is 0 Å². The fourth-order valence-electron chi connectivity index (χ4n) is 4.18. The van der Waals surface area contributed by atoms with Crippen LogP contribution in [0.3, 0.4) is 0 Å². The third-order valence-corrected chi connectivity index (χ3v) is 6.76. The largest absolute Gasteiger partial charge is 0.442 e. The summed E-state index contributed by atoms with van der Waals surface area (Å²) in [7, 11) is 0. The SMILES string of the molecule is Cc1ccc(C(=O)NCC2CN(c3cc(C)c(-n4cccc(CCO)c4=O)c(C)c3)C(=O)O2)s1. The van der Waals surface area contributed by atoms with Crippen LogP contribution in [0, 0.1) is 20.8 Å². The van der Waals surface area contributed by atoms with Gasteiger partial charge < -0.3 is 15.2 Å². The predicted molar refractivity (Wildman–Crippen MR) is 131 cm³/mol. The summed E-state index contributed by atoms with van der Waals surface area (Å²) in [5.41, 5.74) is 3.44. The van der Waals surface area contributed by atoms with E-state index in [2.05, 4.69) is 5.32 Å². The van der Waals surface area contributed by atoms with Crippen LogP contribution >= 0.6 is 11.3 Å². The lowest BCUT2D eigenvalue weighted by atomic mass is 10.1. The van der Waals surface area contributed by atoms with Crippen molar-refractivity contribution in [3.63, 3.8) is 0 Å². The molecule has 9 heteroatoms. The third kappa shape index (κ3) is 4.76. The van der Waals surface area contributed by atoms with Crippen molar-refractivity contribution in [2.45, 2.75) is 33.3 Å². The maximum Gasteiger partial charge on any atom is 0.414 e. The summed E-state index contributed by atoms with van der Waals surface area (Å²) in [5.74, 6) is -0.183. The highest BCUT2D eigenvalue weighted by Gasteiger charge is 2.33. The Balaban J connectivity index is 1.51. The second-order valence-corrected chi connectivity index (χ2v) is 9.63. The van der Waals surface area contributed by atoms with Crippen LogP contribution < -0.4 is 15.8 Å². The lowest BCUT2D eigenvalue weighted by molar-refractivity contribution is 0.0920. The van der Waals surface area contributed by atoms with Gasteiger partial charge in [-0.05, 0) is 62.2 Å². The van der Waals surface area contributed by atoms with Gasteiger partial charge in [0.15, 0.2) is 0 Å². The number of benzene rings is 1. The van der Waals surface area contributed by atoms with Gasteiger partial charge in [0, 0.05) is 35.4 Å². The zero-order valence-electron chi connectivity index (χ0n) is 19.3. The molecular formula is C25H27N3O5S. The molecule has 0 radical (unpaired) electrons. The molecule has 34 heavy (non-hydrogen) atoms. The van der Waals surface area contributed by atoms with E-state index in [9.17, 15) is 19.5 Å². The molecule has 0 aliphatic carbocycles. The Labute approximate surface area is 201 Å². The van der Waals surface area contributed by atoms with Crippen molar-refractivity contribution in [3.05, 3.63) is 79.4 Å². The lowest BCUT2D eigenvalue weighted by Crippen LogP contribution is -2.34. The number of amides is 2. The van der Waals surface area contributed by atoms with E-state index in [0.717, 1.165) is 21.7 Å². The van der Waals surface area contributed by atoms with Crippen molar-refractivity contribution in [2.24, 2.45) is 0 Å². The Morgan fingerprint density at radius 2 is 1.91 bits per heavy atom. The molecule has 1 aliphatic rings. The molecular weight excluding hydrogens is 454 g/mol. The molecule has 0 saturated carbocycles. The number of aliphatic hydroxyl groups is 1. The van der Waals surface area contributed by atoms with E-state index in [1.165, 1.54) is 11.3 Å². The molecule has 2 amide bonds. The molecule has 3 aromatic rings. The molecule has 1 fully saturated rings. The van der Waals surface area contributed by atoms with E-state index in [0.29, 0.717) is 29.1 Å². The minimum atomic E-state index is -0.472. The molecule has 3 heterocycles. The van der Waals surface area contributed by atoms with Crippen LogP contribution in [-0.4, -0.2) is 47.5 Å². The van der Waals surface area contributed by atoms with E-state index in [1.54, 1.807) is 33.9 Å². The molecule has 1 aromatic carbocycles. The van der Waals surface area contributed by atoms with Crippen LogP contribution in [0.2, 0.25) is 0 Å². The van der Waals surface area contributed by atoms with Crippen LogP contribution in [0.4, 0.5) is 10.5 Å². The molecule has 1 atom stereocenters. The van der Waals surface area contributed by atoms with Gasteiger partial charge in [-0.25, -0.2) is 4.79 Å². The molecule has 1 saturated heterocycles. The van der Waals surface area contributed by atoms with Crippen molar-refractivity contribution in [3.8, 4) is 5.69 Å². The number of hydrogen-bond donors (Lipinski definition) is 2. The first kappa shape index (κ1) is 23.7. The number of anilines is 1. The van der Waals surface area contributed by atoms with Gasteiger partial charge in [0.25, 0.3) is 11.5 Å². The Hall–Kier alpha value is -3.43. The Morgan fingerprint density at radius 1 is 1.18 bits per heavy atom. The molecule has 8 nitrogen and oxygen atoms in total. The number of cyclic esters (lactones) is 1. The summed E-state index contributed by atoms with van der Waals surface area (Å²) < 4.78 is 7.05. The standard InChI is InChI=1S/C25H27N3O5S/c1-15-11-19(12-16(2)22(15)27-9-4-5-18(8-10-29)24(27)31)28-14-20(33-25(28)32)13-26-23(30)21-7-6-17(3)34-21/h4-7,9,11-12,20,29H,8,10,13-14H2,1-3H3,(H,26,30). The van der Waals surface area contributed by atoms with Crippen LogP contribution in [0.5, 0.6) is 0 Å². The summed E-state index contributed by atoms with van der Waals surface area (Å²) in [4.78, 5) is 41.0. The Kier molecular flexibility index (Phi) is 6.85. The summed E-state index contributed by atoms with van der Waals surface area (Å²) in [6.07, 6.45) is 1.06. The molecule has 0 spiro atoms. The zero-order valence-corrected chi connectivity index (χ0v) is 20.1. The minimum absolute atomic E-state index is 0.0954. The van der Waals surface area contributed by atoms with Gasteiger partial charge in [0.1, 0.15) is 6.10 Å². The predicted octanol–water partition coefficient (Wildman–Crippen LogP) is 3.11.